The largest absolute Gasteiger partial charge is 0.383 e. The van der Waals surface area contributed by atoms with Crippen LogP contribution in [0.25, 0.3) is 0 Å². The Morgan fingerprint density at radius 2 is 2.06 bits per heavy atom. The van der Waals surface area contributed by atoms with Gasteiger partial charge in [-0.05, 0) is 31.5 Å². The number of anilines is 1. The van der Waals surface area contributed by atoms with Crippen molar-refractivity contribution in [2.75, 3.05) is 5.73 Å². The highest BCUT2D eigenvalue weighted by Crippen LogP contribution is 2.14. The number of rotatable bonds is 2. The molecule has 2 heterocycles. The highest BCUT2D eigenvalue weighted by atomic mass is 16.1. The SMILES string of the molecule is Cc1cnc(N)c(C(=O)c2ccnc(C)n2)c1. The van der Waals surface area contributed by atoms with Crippen LogP contribution in [0.2, 0.25) is 0 Å². The van der Waals surface area contributed by atoms with Crippen LogP contribution in [0, 0.1) is 13.8 Å². The van der Waals surface area contributed by atoms with Crippen molar-refractivity contribution < 1.29 is 4.79 Å². The molecule has 0 aliphatic carbocycles. The zero-order valence-electron chi connectivity index (χ0n) is 9.64. The lowest BCUT2D eigenvalue weighted by Crippen LogP contribution is -2.10. The lowest BCUT2D eigenvalue weighted by atomic mass is 10.1. The molecule has 0 unspecified atom stereocenters. The minimum absolute atomic E-state index is 0.219. The number of nitrogens with two attached hydrogens (primary N) is 1. The van der Waals surface area contributed by atoms with Gasteiger partial charge in [-0.2, -0.15) is 0 Å². The molecule has 0 aliphatic rings. The van der Waals surface area contributed by atoms with E-state index in [9.17, 15) is 4.79 Å². The quantitative estimate of drug-likeness (QED) is 0.783. The van der Waals surface area contributed by atoms with E-state index in [2.05, 4.69) is 15.0 Å². The van der Waals surface area contributed by atoms with Crippen LogP contribution in [0.3, 0.4) is 0 Å². The predicted molar refractivity (Wildman–Crippen MR) is 63.6 cm³/mol. The lowest BCUT2D eigenvalue weighted by molar-refractivity contribution is 0.103. The third-order valence-corrected chi connectivity index (χ3v) is 2.31. The number of pyridine rings is 1. The van der Waals surface area contributed by atoms with Crippen LogP contribution in [-0.4, -0.2) is 20.7 Å². The minimum atomic E-state index is -0.232. The van der Waals surface area contributed by atoms with E-state index in [0.717, 1.165) is 5.56 Å². The van der Waals surface area contributed by atoms with Crippen LogP contribution in [0.4, 0.5) is 5.82 Å². The average Bonchev–Trinajstić information content (AvgIpc) is 2.31. The van der Waals surface area contributed by atoms with Gasteiger partial charge in [0.1, 0.15) is 17.3 Å². The smallest absolute Gasteiger partial charge is 0.215 e. The van der Waals surface area contributed by atoms with Gasteiger partial charge < -0.3 is 5.73 Å². The van der Waals surface area contributed by atoms with Crippen molar-refractivity contribution in [3.8, 4) is 0 Å². The normalized spacial score (nSPS) is 10.2. The molecule has 0 saturated heterocycles. The number of carbonyl (C=O) groups excluding carboxylic acids is 1. The number of carbonyl (C=O) groups is 1. The van der Waals surface area contributed by atoms with Gasteiger partial charge in [-0.3, -0.25) is 4.79 Å². The van der Waals surface area contributed by atoms with Crippen LogP contribution in [-0.2, 0) is 0 Å². The lowest BCUT2D eigenvalue weighted by Gasteiger charge is -2.04. The summed E-state index contributed by atoms with van der Waals surface area (Å²) in [7, 11) is 0. The highest BCUT2D eigenvalue weighted by molar-refractivity contribution is 6.10. The van der Waals surface area contributed by atoms with Gasteiger partial charge in [0.25, 0.3) is 0 Å². The molecule has 0 aromatic carbocycles. The second kappa shape index (κ2) is 4.29. The van der Waals surface area contributed by atoms with E-state index in [1.807, 2.05) is 6.92 Å². The Balaban J connectivity index is 2.47. The first-order valence-electron chi connectivity index (χ1n) is 5.14. The number of nitrogen functional groups attached to an aromatic ring is 1. The second-order valence-corrected chi connectivity index (χ2v) is 3.76. The molecule has 2 N–H and O–H groups in total. The number of aromatic nitrogens is 3. The molecule has 0 saturated carbocycles. The van der Waals surface area contributed by atoms with Crippen molar-refractivity contribution in [3.63, 3.8) is 0 Å². The van der Waals surface area contributed by atoms with E-state index in [1.54, 1.807) is 31.5 Å². The van der Waals surface area contributed by atoms with Crippen molar-refractivity contribution in [1.29, 1.82) is 0 Å². The van der Waals surface area contributed by atoms with Gasteiger partial charge in [0.15, 0.2) is 0 Å². The summed E-state index contributed by atoms with van der Waals surface area (Å²) in [4.78, 5) is 24.1. The maximum absolute atomic E-state index is 12.2. The zero-order chi connectivity index (χ0) is 12.4. The molecule has 0 amide bonds. The Labute approximate surface area is 98.7 Å². The molecule has 2 rings (SSSR count). The summed E-state index contributed by atoms with van der Waals surface area (Å²) in [6.07, 6.45) is 3.17. The zero-order valence-corrected chi connectivity index (χ0v) is 9.64. The van der Waals surface area contributed by atoms with Crippen LogP contribution < -0.4 is 5.73 Å². The van der Waals surface area contributed by atoms with Crippen molar-refractivity contribution in [1.82, 2.24) is 15.0 Å². The molecule has 86 valence electrons. The molecule has 0 radical (unpaired) electrons. The summed E-state index contributed by atoms with van der Waals surface area (Å²) < 4.78 is 0. The average molecular weight is 228 g/mol. The van der Waals surface area contributed by atoms with Gasteiger partial charge in [0, 0.05) is 12.4 Å². The van der Waals surface area contributed by atoms with Gasteiger partial charge in [-0.25, -0.2) is 15.0 Å². The predicted octanol–water partition coefficient (Wildman–Crippen LogP) is 1.30. The molecule has 0 fully saturated rings. The summed E-state index contributed by atoms with van der Waals surface area (Å²) in [5.74, 6) is 0.538. The van der Waals surface area contributed by atoms with Gasteiger partial charge in [-0.15, -0.1) is 0 Å². The molecule has 5 heteroatoms. The highest BCUT2D eigenvalue weighted by Gasteiger charge is 2.15. The van der Waals surface area contributed by atoms with E-state index in [4.69, 9.17) is 5.73 Å². The number of hydrogen-bond acceptors (Lipinski definition) is 5. The maximum atomic E-state index is 12.2. The Hall–Kier alpha value is -2.30. The van der Waals surface area contributed by atoms with Crippen molar-refractivity contribution in [2.45, 2.75) is 13.8 Å². The molecule has 0 spiro atoms. The topological polar surface area (TPSA) is 81.8 Å². The summed E-state index contributed by atoms with van der Waals surface area (Å²) in [5.41, 5.74) is 7.28. The number of ketones is 1. The Morgan fingerprint density at radius 1 is 1.29 bits per heavy atom. The standard InChI is InChI=1S/C12H12N4O/c1-7-5-9(12(13)15-6-7)11(17)10-3-4-14-8(2)16-10/h3-6H,1-2H3,(H2,13,15). The molecule has 0 atom stereocenters. The molecule has 5 nitrogen and oxygen atoms in total. The van der Waals surface area contributed by atoms with Crippen molar-refractivity contribution in [2.24, 2.45) is 0 Å². The molecule has 2 aromatic heterocycles. The van der Waals surface area contributed by atoms with Crippen LogP contribution in [0.15, 0.2) is 24.5 Å². The van der Waals surface area contributed by atoms with Crippen LogP contribution in [0.1, 0.15) is 27.4 Å². The first-order valence-corrected chi connectivity index (χ1v) is 5.14. The van der Waals surface area contributed by atoms with Crippen LogP contribution >= 0.6 is 0 Å². The summed E-state index contributed by atoms with van der Waals surface area (Å²) in [6.45, 7) is 3.59. The fraction of sp³-hybridized carbons (Fsp3) is 0.167. The summed E-state index contributed by atoms with van der Waals surface area (Å²) in [6, 6.07) is 3.28. The maximum Gasteiger partial charge on any atom is 0.215 e. The van der Waals surface area contributed by atoms with Gasteiger partial charge in [-0.1, -0.05) is 0 Å². The van der Waals surface area contributed by atoms with Crippen LogP contribution in [0.5, 0.6) is 0 Å². The minimum Gasteiger partial charge on any atom is -0.383 e. The summed E-state index contributed by atoms with van der Waals surface area (Å²) >= 11 is 0. The van der Waals surface area contributed by atoms with Crippen molar-refractivity contribution in [3.05, 3.63) is 47.2 Å². The monoisotopic (exact) mass is 228 g/mol. The van der Waals surface area contributed by atoms with Gasteiger partial charge in [0.2, 0.25) is 5.78 Å². The molecular formula is C12H12N4O. The number of nitrogens with zero attached hydrogens (tertiary/aromatic N) is 3. The number of hydrogen-bond donors (Lipinski definition) is 1. The molecule has 0 bridgehead atoms. The van der Waals surface area contributed by atoms with Gasteiger partial charge in [0.05, 0.1) is 5.56 Å². The third kappa shape index (κ3) is 2.28. The Kier molecular flexibility index (Phi) is 2.82. The molecule has 0 aliphatic heterocycles. The Morgan fingerprint density at radius 3 is 2.76 bits per heavy atom. The van der Waals surface area contributed by atoms with E-state index in [-0.39, 0.29) is 11.6 Å². The molecular weight excluding hydrogens is 216 g/mol. The number of aryl methyl sites for hydroxylation is 2. The first kappa shape index (κ1) is 11.2. The Bertz CT molecular complexity index is 580. The first-order chi connectivity index (χ1) is 8.08. The molecule has 2 aromatic rings. The van der Waals surface area contributed by atoms with Crippen molar-refractivity contribution >= 4 is 11.6 Å². The second-order valence-electron chi connectivity index (χ2n) is 3.76. The fourth-order valence-electron chi connectivity index (χ4n) is 1.48. The van der Waals surface area contributed by atoms with E-state index < -0.39 is 0 Å². The molecule has 17 heavy (non-hydrogen) atoms. The van der Waals surface area contributed by atoms with E-state index in [0.29, 0.717) is 17.1 Å². The third-order valence-electron chi connectivity index (χ3n) is 2.31. The van der Waals surface area contributed by atoms with E-state index in [1.165, 1.54) is 0 Å². The summed E-state index contributed by atoms with van der Waals surface area (Å²) in [5, 5.41) is 0. The van der Waals surface area contributed by atoms with E-state index >= 15 is 0 Å². The van der Waals surface area contributed by atoms with Gasteiger partial charge >= 0.3 is 0 Å². The fourth-order valence-corrected chi connectivity index (χ4v) is 1.48.